The smallest absolute Gasteiger partial charge is 0.212 e. The third kappa shape index (κ3) is 6.29. The van der Waals surface area contributed by atoms with Gasteiger partial charge in [0.1, 0.15) is 0 Å². The Morgan fingerprint density at radius 2 is 2.00 bits per heavy atom. The molecule has 0 bridgehead atoms. The number of amidine groups is 1. The first-order chi connectivity index (χ1) is 6.78. The van der Waals surface area contributed by atoms with Crippen LogP contribution in [0, 0.1) is 5.92 Å². The van der Waals surface area contributed by atoms with Crippen molar-refractivity contribution in [2.75, 3.05) is 5.75 Å². The normalized spacial score (nSPS) is 15.6. The third-order valence-corrected chi connectivity index (χ3v) is 3.37. The number of nitrogens with one attached hydrogen (secondary N) is 1. The van der Waals surface area contributed by atoms with E-state index in [1.165, 1.54) is 6.92 Å². The van der Waals surface area contributed by atoms with Crippen LogP contribution < -0.4 is 10.5 Å². The molecule has 0 rings (SSSR count). The summed E-state index contributed by atoms with van der Waals surface area (Å²) in [5.74, 6) is 0.220. The van der Waals surface area contributed by atoms with Gasteiger partial charge in [0.25, 0.3) is 0 Å². The molecular formula is C8H19N3O3S. The van der Waals surface area contributed by atoms with Crippen LogP contribution >= 0.6 is 0 Å². The quantitative estimate of drug-likeness (QED) is 0.263. The van der Waals surface area contributed by atoms with Crippen LogP contribution in [-0.4, -0.2) is 31.3 Å². The van der Waals surface area contributed by atoms with Gasteiger partial charge in [-0.15, -0.1) is 0 Å². The molecule has 0 saturated carbocycles. The maximum Gasteiger partial charge on any atom is 0.212 e. The standard InChI is InChI=1S/C8H19N3O3S/c1-6(2)4-5-15(13,14)11-7(3)8(9)10-12/h6-7,11-12H,4-5H2,1-3H3,(H2,9,10). The van der Waals surface area contributed by atoms with Crippen molar-refractivity contribution in [3.8, 4) is 0 Å². The number of hydrogen-bond acceptors (Lipinski definition) is 4. The van der Waals surface area contributed by atoms with Crippen LogP contribution in [0.15, 0.2) is 5.16 Å². The zero-order valence-electron chi connectivity index (χ0n) is 9.27. The van der Waals surface area contributed by atoms with Gasteiger partial charge < -0.3 is 10.9 Å². The largest absolute Gasteiger partial charge is 0.409 e. The molecule has 1 atom stereocenters. The monoisotopic (exact) mass is 237 g/mol. The average molecular weight is 237 g/mol. The summed E-state index contributed by atoms with van der Waals surface area (Å²) in [6.07, 6.45) is 0.582. The second-order valence-electron chi connectivity index (χ2n) is 3.87. The summed E-state index contributed by atoms with van der Waals surface area (Å²) in [5.41, 5.74) is 5.25. The predicted molar refractivity (Wildman–Crippen MR) is 59.2 cm³/mol. The highest BCUT2D eigenvalue weighted by Crippen LogP contribution is 2.02. The second-order valence-corrected chi connectivity index (χ2v) is 5.74. The fourth-order valence-electron chi connectivity index (χ4n) is 0.866. The first-order valence-electron chi connectivity index (χ1n) is 4.76. The fourth-order valence-corrected chi connectivity index (χ4v) is 2.43. The van der Waals surface area contributed by atoms with Crippen molar-refractivity contribution >= 4 is 15.9 Å². The van der Waals surface area contributed by atoms with Gasteiger partial charge in [0.05, 0.1) is 11.8 Å². The van der Waals surface area contributed by atoms with E-state index in [4.69, 9.17) is 10.9 Å². The van der Waals surface area contributed by atoms with Crippen LogP contribution in [0.1, 0.15) is 27.2 Å². The van der Waals surface area contributed by atoms with Crippen molar-refractivity contribution < 1.29 is 13.6 Å². The number of sulfonamides is 1. The molecule has 0 radical (unpaired) electrons. The zero-order chi connectivity index (χ0) is 12.1. The van der Waals surface area contributed by atoms with E-state index in [0.29, 0.717) is 12.3 Å². The van der Waals surface area contributed by atoms with Crippen molar-refractivity contribution in [1.82, 2.24) is 4.72 Å². The average Bonchev–Trinajstić information content (AvgIpc) is 2.13. The lowest BCUT2D eigenvalue weighted by Crippen LogP contribution is -2.43. The number of nitrogens with two attached hydrogens (primary N) is 1. The lowest BCUT2D eigenvalue weighted by molar-refractivity contribution is 0.316. The summed E-state index contributed by atoms with van der Waals surface area (Å²) in [5, 5.41) is 11.1. The maximum absolute atomic E-state index is 11.5. The fraction of sp³-hybridized carbons (Fsp3) is 0.875. The Morgan fingerprint density at radius 1 is 1.47 bits per heavy atom. The van der Waals surface area contributed by atoms with Gasteiger partial charge in [-0.05, 0) is 19.3 Å². The van der Waals surface area contributed by atoms with E-state index in [9.17, 15) is 8.42 Å². The van der Waals surface area contributed by atoms with Gasteiger partial charge in [0.15, 0.2) is 5.84 Å². The Labute approximate surface area is 90.6 Å². The predicted octanol–water partition coefficient (Wildman–Crippen LogP) is 0.0868. The van der Waals surface area contributed by atoms with E-state index >= 15 is 0 Å². The summed E-state index contributed by atoms with van der Waals surface area (Å²) in [7, 11) is -3.35. The topological polar surface area (TPSA) is 105 Å². The van der Waals surface area contributed by atoms with E-state index < -0.39 is 16.1 Å². The van der Waals surface area contributed by atoms with E-state index in [2.05, 4.69) is 9.88 Å². The molecule has 0 heterocycles. The van der Waals surface area contributed by atoms with Crippen LogP contribution in [0.25, 0.3) is 0 Å². The Kier molecular flexibility index (Phi) is 5.59. The Balaban J connectivity index is 4.27. The van der Waals surface area contributed by atoms with Crippen LogP contribution in [0.5, 0.6) is 0 Å². The number of rotatable bonds is 6. The van der Waals surface area contributed by atoms with E-state index in [1.54, 1.807) is 0 Å². The van der Waals surface area contributed by atoms with Crippen molar-refractivity contribution in [3.05, 3.63) is 0 Å². The molecule has 4 N–H and O–H groups in total. The first kappa shape index (κ1) is 14.2. The van der Waals surface area contributed by atoms with E-state index in [0.717, 1.165) is 0 Å². The van der Waals surface area contributed by atoms with Gasteiger partial charge in [0, 0.05) is 0 Å². The van der Waals surface area contributed by atoms with Gasteiger partial charge in [-0.1, -0.05) is 19.0 Å². The molecule has 0 aliphatic heterocycles. The lowest BCUT2D eigenvalue weighted by Gasteiger charge is -2.13. The van der Waals surface area contributed by atoms with Crippen LogP contribution in [0.3, 0.4) is 0 Å². The third-order valence-electron chi connectivity index (χ3n) is 1.88. The van der Waals surface area contributed by atoms with Crippen LogP contribution in [0.4, 0.5) is 0 Å². The Hall–Kier alpha value is -0.820. The minimum Gasteiger partial charge on any atom is -0.409 e. The zero-order valence-corrected chi connectivity index (χ0v) is 10.1. The van der Waals surface area contributed by atoms with E-state index in [1.807, 2.05) is 13.8 Å². The Bertz CT molecular complexity index is 311. The highest BCUT2D eigenvalue weighted by atomic mass is 32.2. The second kappa shape index (κ2) is 5.92. The van der Waals surface area contributed by atoms with Gasteiger partial charge in [-0.25, -0.2) is 13.1 Å². The summed E-state index contributed by atoms with van der Waals surface area (Å²) < 4.78 is 25.2. The molecule has 1 unspecified atom stereocenters. The minimum absolute atomic E-state index is 0.0493. The van der Waals surface area contributed by atoms with E-state index in [-0.39, 0.29) is 11.6 Å². The molecule has 7 heteroatoms. The molecule has 90 valence electrons. The SMILES string of the molecule is CC(C)CCS(=O)(=O)NC(C)C(N)=NO. The summed E-state index contributed by atoms with van der Waals surface area (Å²) in [4.78, 5) is 0. The molecular weight excluding hydrogens is 218 g/mol. The maximum atomic E-state index is 11.5. The molecule has 6 nitrogen and oxygen atoms in total. The minimum atomic E-state index is -3.35. The molecule has 0 spiro atoms. The van der Waals surface area contributed by atoms with Crippen molar-refractivity contribution in [1.29, 1.82) is 0 Å². The molecule has 0 aliphatic rings. The molecule has 15 heavy (non-hydrogen) atoms. The summed E-state index contributed by atoms with van der Waals surface area (Å²) >= 11 is 0. The van der Waals surface area contributed by atoms with Gasteiger partial charge >= 0.3 is 0 Å². The number of hydrogen-bond donors (Lipinski definition) is 3. The van der Waals surface area contributed by atoms with Crippen molar-refractivity contribution in [3.63, 3.8) is 0 Å². The molecule has 0 aromatic heterocycles. The van der Waals surface area contributed by atoms with Crippen LogP contribution in [-0.2, 0) is 10.0 Å². The van der Waals surface area contributed by atoms with Gasteiger partial charge in [-0.3, -0.25) is 0 Å². The first-order valence-corrected chi connectivity index (χ1v) is 6.41. The molecule has 0 saturated heterocycles. The van der Waals surface area contributed by atoms with Crippen molar-refractivity contribution in [2.24, 2.45) is 16.8 Å². The molecule has 0 aliphatic carbocycles. The van der Waals surface area contributed by atoms with Crippen LogP contribution in [0.2, 0.25) is 0 Å². The molecule has 0 aromatic carbocycles. The summed E-state index contributed by atoms with van der Waals surface area (Å²) in [6.45, 7) is 5.41. The molecule has 0 aromatic rings. The molecule has 0 fully saturated rings. The molecule has 0 amide bonds. The summed E-state index contributed by atoms with van der Waals surface area (Å²) in [6, 6.07) is -0.688. The lowest BCUT2D eigenvalue weighted by atomic mass is 10.2. The van der Waals surface area contributed by atoms with Crippen molar-refractivity contribution in [2.45, 2.75) is 33.2 Å². The Morgan fingerprint density at radius 3 is 2.40 bits per heavy atom. The number of nitrogens with zero attached hydrogens (tertiary/aromatic N) is 1. The van der Waals surface area contributed by atoms with Gasteiger partial charge in [0.2, 0.25) is 10.0 Å². The number of oxime groups is 1. The van der Waals surface area contributed by atoms with Gasteiger partial charge in [-0.2, -0.15) is 0 Å². The highest BCUT2D eigenvalue weighted by molar-refractivity contribution is 7.89. The highest BCUT2D eigenvalue weighted by Gasteiger charge is 2.17.